The standard InChI is InChI=1S/2C19H33.O.2Sn/c2*1-4-10-16(11-5-1)19(17-12-6-2-7-13-17)18-14-8-3-9-15-18;;;/h2*16-18H,1-15H2;;;. The second kappa shape index (κ2) is 16.4. The van der Waals surface area contributed by atoms with Gasteiger partial charge in [0.2, 0.25) is 0 Å². The average Bonchev–Trinajstić information content (AvgIpc) is 3.08. The van der Waals surface area contributed by atoms with Gasteiger partial charge in [-0.05, 0) is 0 Å². The molecule has 0 aliphatic heterocycles. The number of hydrogen-bond acceptors (Lipinski definition) is 1. The van der Waals surface area contributed by atoms with Gasteiger partial charge in [-0.3, -0.25) is 0 Å². The van der Waals surface area contributed by atoms with Gasteiger partial charge in [-0.1, -0.05) is 0 Å². The van der Waals surface area contributed by atoms with Gasteiger partial charge in [-0.25, -0.2) is 0 Å². The molecule has 1 nitrogen and oxygen atoms in total. The third-order valence-electron chi connectivity index (χ3n) is 14.1. The van der Waals surface area contributed by atoms with E-state index in [9.17, 15) is 0 Å². The fraction of sp³-hybridized carbons (Fsp3) is 1.00. The van der Waals surface area contributed by atoms with E-state index in [-0.39, 0.29) is 0 Å². The second-order valence-corrected chi connectivity index (χ2v) is 26.8. The van der Waals surface area contributed by atoms with E-state index in [1.165, 1.54) is 38.5 Å². The molecule has 0 aromatic rings. The summed E-state index contributed by atoms with van der Waals surface area (Å²) in [5, 5.41) is 0. The summed E-state index contributed by atoms with van der Waals surface area (Å²) in [4.78, 5) is 0. The Morgan fingerprint density at radius 3 is 0.610 bits per heavy atom. The van der Waals surface area contributed by atoms with Crippen molar-refractivity contribution in [1.82, 2.24) is 0 Å². The van der Waals surface area contributed by atoms with E-state index in [1.807, 2.05) is 0 Å². The van der Waals surface area contributed by atoms with Gasteiger partial charge in [0, 0.05) is 0 Å². The van der Waals surface area contributed by atoms with Crippen LogP contribution in [0.4, 0.5) is 0 Å². The molecule has 232 valence electrons. The van der Waals surface area contributed by atoms with E-state index in [4.69, 9.17) is 1.41 Å². The topological polar surface area (TPSA) is 9.23 Å². The minimum atomic E-state index is -0.920. The summed E-state index contributed by atoms with van der Waals surface area (Å²) in [6.07, 6.45) is 46.7. The summed E-state index contributed by atoms with van der Waals surface area (Å²) in [7, 11) is 0. The molecule has 0 unspecified atom stereocenters. The van der Waals surface area contributed by atoms with E-state index in [0.717, 1.165) is 35.5 Å². The maximum atomic E-state index is 8.02. The molecule has 6 saturated carbocycles. The fourth-order valence-corrected chi connectivity index (χ4v) is 28.9. The summed E-state index contributed by atoms with van der Waals surface area (Å²) in [6.45, 7) is 0. The van der Waals surface area contributed by atoms with E-state index >= 15 is 0 Å². The van der Waals surface area contributed by atoms with Crippen molar-refractivity contribution in [1.29, 1.82) is 0 Å². The predicted octanol–water partition coefficient (Wildman–Crippen LogP) is 12.0. The summed E-state index contributed by atoms with van der Waals surface area (Å²) in [6, 6.07) is 0. The van der Waals surface area contributed by atoms with Crippen LogP contribution < -0.4 is 0 Å². The molecule has 4 radical (unpaired) electrons. The van der Waals surface area contributed by atoms with Gasteiger partial charge in [-0.15, -0.1) is 0 Å². The first kappa shape index (κ1) is 32.5. The van der Waals surface area contributed by atoms with Crippen molar-refractivity contribution in [2.45, 2.75) is 199 Å². The first-order chi connectivity index (χ1) is 20.3. The number of rotatable bonds is 10. The first-order valence-electron chi connectivity index (χ1n) is 19.5. The van der Waals surface area contributed by atoms with Gasteiger partial charge in [0.1, 0.15) is 0 Å². The van der Waals surface area contributed by atoms with Crippen molar-refractivity contribution < 1.29 is 1.41 Å². The Morgan fingerprint density at radius 2 is 0.439 bits per heavy atom. The van der Waals surface area contributed by atoms with Gasteiger partial charge >= 0.3 is 280 Å². The molecule has 6 fully saturated rings. The van der Waals surface area contributed by atoms with E-state index in [0.29, 0.717) is 6.86 Å². The predicted molar refractivity (Wildman–Crippen MR) is 177 cm³/mol. The summed E-state index contributed by atoms with van der Waals surface area (Å²) in [5.74, 6) is 6.34. The van der Waals surface area contributed by atoms with E-state index in [1.54, 1.807) is 154 Å². The normalized spacial score (nSPS) is 28.7. The molecule has 0 aromatic carbocycles. The maximum absolute atomic E-state index is 8.02. The quantitative estimate of drug-likeness (QED) is 0.201. The van der Waals surface area contributed by atoms with Crippen LogP contribution in [0.15, 0.2) is 0 Å². The SMILES string of the molecule is C1CCC([C]([Sn][O][Sn][C](C2CCCCC2)(C2CCCCC2)C2CCCCC2)(C2CCCCC2)C2CCCCC2)CC1. The van der Waals surface area contributed by atoms with Gasteiger partial charge in [0.15, 0.2) is 0 Å². The van der Waals surface area contributed by atoms with Crippen LogP contribution in [0.3, 0.4) is 0 Å². The molecule has 0 amide bonds. The van der Waals surface area contributed by atoms with Crippen LogP contribution in [0, 0.1) is 35.5 Å². The van der Waals surface area contributed by atoms with Crippen LogP contribution >= 0.6 is 0 Å². The third-order valence-corrected chi connectivity index (χ3v) is 27.6. The van der Waals surface area contributed by atoms with Gasteiger partial charge in [0.05, 0.1) is 0 Å². The van der Waals surface area contributed by atoms with Crippen LogP contribution in [-0.2, 0) is 1.41 Å². The summed E-state index contributed by atoms with van der Waals surface area (Å²) >= 11 is -1.84. The van der Waals surface area contributed by atoms with E-state index < -0.39 is 43.1 Å². The van der Waals surface area contributed by atoms with Crippen LogP contribution in [0.2, 0.25) is 6.86 Å². The average molecular weight is 776 g/mol. The molecule has 0 spiro atoms. The van der Waals surface area contributed by atoms with Crippen molar-refractivity contribution in [2.75, 3.05) is 0 Å². The van der Waals surface area contributed by atoms with Crippen molar-refractivity contribution in [2.24, 2.45) is 35.5 Å². The Bertz CT molecular complexity index is 578. The van der Waals surface area contributed by atoms with Crippen LogP contribution in [0.5, 0.6) is 0 Å². The minimum absolute atomic E-state index is 0.711. The molecule has 6 rings (SSSR count). The fourth-order valence-electron chi connectivity index (χ4n) is 12.2. The molecule has 0 bridgehead atoms. The third kappa shape index (κ3) is 7.43. The zero-order valence-electron chi connectivity index (χ0n) is 27.1. The van der Waals surface area contributed by atoms with Crippen molar-refractivity contribution in [3.8, 4) is 0 Å². The number of hydrogen-bond donors (Lipinski definition) is 0. The summed E-state index contributed by atoms with van der Waals surface area (Å²) < 4.78 is 9.45. The molecule has 0 aromatic heterocycles. The zero-order valence-corrected chi connectivity index (χ0v) is 32.8. The Balaban J connectivity index is 1.31. The van der Waals surface area contributed by atoms with Gasteiger partial charge in [0.25, 0.3) is 0 Å². The molecular formula is C38H66OSn2. The Kier molecular flexibility index (Phi) is 13.0. The second-order valence-electron chi connectivity index (χ2n) is 16.2. The monoisotopic (exact) mass is 778 g/mol. The van der Waals surface area contributed by atoms with Gasteiger partial charge < -0.3 is 0 Å². The molecule has 0 N–H and O–H groups in total. The molecule has 6 aliphatic carbocycles. The molecule has 41 heavy (non-hydrogen) atoms. The van der Waals surface area contributed by atoms with Crippen LogP contribution in [0.25, 0.3) is 0 Å². The Hall–Kier alpha value is 1.56. The molecule has 0 heterocycles. The van der Waals surface area contributed by atoms with Crippen molar-refractivity contribution in [3.63, 3.8) is 0 Å². The molecule has 0 atom stereocenters. The molecule has 0 saturated heterocycles. The van der Waals surface area contributed by atoms with Crippen LogP contribution in [0.1, 0.15) is 193 Å². The van der Waals surface area contributed by atoms with Crippen molar-refractivity contribution >= 4 is 43.1 Å². The Morgan fingerprint density at radius 1 is 0.268 bits per heavy atom. The van der Waals surface area contributed by atoms with Crippen LogP contribution in [-0.4, -0.2) is 43.1 Å². The molecular weight excluding hydrogens is 710 g/mol. The van der Waals surface area contributed by atoms with Gasteiger partial charge in [-0.2, -0.15) is 0 Å². The van der Waals surface area contributed by atoms with Crippen molar-refractivity contribution in [3.05, 3.63) is 0 Å². The molecule has 6 aliphatic rings. The first-order valence-corrected chi connectivity index (χ1v) is 24.7. The summed E-state index contributed by atoms with van der Waals surface area (Å²) in [5.41, 5.74) is 0. The zero-order chi connectivity index (χ0) is 27.8. The Labute approximate surface area is 277 Å². The van der Waals surface area contributed by atoms with E-state index in [2.05, 4.69) is 0 Å². The molecule has 3 heteroatoms.